The van der Waals surface area contributed by atoms with Crippen LogP contribution < -0.4 is 10.8 Å². The zero-order valence-corrected chi connectivity index (χ0v) is 10.5. The number of halogens is 1. The minimum atomic E-state index is -0.459. The minimum absolute atomic E-state index is 0.0225. The third-order valence-electron chi connectivity index (χ3n) is 2.78. The van der Waals surface area contributed by atoms with Crippen LogP contribution in [0.15, 0.2) is 18.2 Å². The van der Waals surface area contributed by atoms with Crippen molar-refractivity contribution in [2.75, 3.05) is 11.9 Å². The average Bonchev–Trinajstić information content (AvgIpc) is 3.18. The number of anilines is 1. The number of carbonyl (C=O) groups is 2. The number of hydrogen-bond acceptors (Lipinski definition) is 3. The van der Waals surface area contributed by atoms with Crippen LogP contribution in [0.3, 0.4) is 0 Å². The zero-order chi connectivity index (χ0) is 13.8. The summed E-state index contributed by atoms with van der Waals surface area (Å²) in [5, 5.41) is 2.47. The van der Waals surface area contributed by atoms with Crippen molar-refractivity contribution in [3.8, 4) is 0 Å². The van der Waals surface area contributed by atoms with Gasteiger partial charge in [0.1, 0.15) is 5.82 Å². The van der Waals surface area contributed by atoms with Gasteiger partial charge in [0.2, 0.25) is 5.91 Å². The summed E-state index contributed by atoms with van der Waals surface area (Å²) in [7, 11) is 0. The summed E-state index contributed by atoms with van der Waals surface area (Å²) >= 11 is 0. The van der Waals surface area contributed by atoms with Gasteiger partial charge in [0.15, 0.2) is 6.61 Å². The molecule has 0 spiro atoms. The monoisotopic (exact) mass is 266 g/mol. The molecule has 0 aliphatic heterocycles. The van der Waals surface area contributed by atoms with E-state index in [1.54, 1.807) is 19.1 Å². The Balaban J connectivity index is 1.74. The fourth-order valence-electron chi connectivity index (χ4n) is 1.47. The molecule has 1 saturated carbocycles. The molecule has 102 valence electrons. The number of nitrogens with one attached hydrogen (secondary N) is 2. The smallest absolute Gasteiger partial charge is 0.253 e. The molecule has 6 heteroatoms. The van der Waals surface area contributed by atoms with Crippen LogP contribution in [0, 0.1) is 18.7 Å². The Bertz CT molecular complexity index is 501. The first-order valence-corrected chi connectivity index (χ1v) is 6.04. The van der Waals surface area contributed by atoms with Crippen molar-refractivity contribution in [1.82, 2.24) is 5.48 Å². The maximum Gasteiger partial charge on any atom is 0.253 e. The maximum absolute atomic E-state index is 13.2. The molecule has 0 bridgehead atoms. The van der Waals surface area contributed by atoms with E-state index in [9.17, 15) is 14.0 Å². The minimum Gasteiger partial charge on any atom is -0.324 e. The first-order valence-electron chi connectivity index (χ1n) is 6.04. The molecule has 2 N–H and O–H groups in total. The molecule has 1 aliphatic carbocycles. The van der Waals surface area contributed by atoms with Crippen LogP contribution in [0.5, 0.6) is 0 Å². The lowest BCUT2D eigenvalue weighted by atomic mass is 10.2. The molecule has 5 nitrogen and oxygen atoms in total. The second-order valence-corrected chi connectivity index (χ2v) is 4.54. The van der Waals surface area contributed by atoms with Gasteiger partial charge in [-0.2, -0.15) is 0 Å². The summed E-state index contributed by atoms with van der Waals surface area (Å²) in [4.78, 5) is 27.5. The largest absolute Gasteiger partial charge is 0.324 e. The summed E-state index contributed by atoms with van der Waals surface area (Å²) in [6.07, 6.45) is 1.73. The predicted octanol–water partition coefficient (Wildman–Crippen LogP) is 1.53. The molecule has 0 heterocycles. The Labute approximate surface area is 110 Å². The normalized spacial score (nSPS) is 14.0. The number of hydrogen-bond donors (Lipinski definition) is 2. The Kier molecular flexibility index (Phi) is 4.11. The fourth-order valence-corrected chi connectivity index (χ4v) is 1.47. The van der Waals surface area contributed by atoms with E-state index >= 15 is 0 Å². The second kappa shape index (κ2) is 5.79. The number of rotatable bonds is 5. The Morgan fingerprint density at radius 3 is 2.79 bits per heavy atom. The van der Waals surface area contributed by atoms with E-state index in [1.165, 1.54) is 6.07 Å². The molecular weight excluding hydrogens is 251 g/mol. The molecule has 0 radical (unpaired) electrons. The first kappa shape index (κ1) is 13.5. The third kappa shape index (κ3) is 4.03. The van der Waals surface area contributed by atoms with Crippen molar-refractivity contribution in [3.63, 3.8) is 0 Å². The summed E-state index contributed by atoms with van der Waals surface area (Å²) in [6, 6.07) is 4.40. The summed E-state index contributed by atoms with van der Waals surface area (Å²) in [5.41, 5.74) is 3.07. The fraction of sp³-hybridized carbons (Fsp3) is 0.385. The van der Waals surface area contributed by atoms with Crippen LogP contribution in [0.2, 0.25) is 0 Å². The van der Waals surface area contributed by atoms with Crippen LogP contribution in [-0.4, -0.2) is 18.4 Å². The van der Waals surface area contributed by atoms with Crippen molar-refractivity contribution < 1.29 is 18.8 Å². The van der Waals surface area contributed by atoms with Crippen LogP contribution in [0.1, 0.15) is 18.4 Å². The lowest BCUT2D eigenvalue weighted by molar-refractivity contribution is -0.138. The van der Waals surface area contributed by atoms with Gasteiger partial charge in [0.05, 0.1) is 0 Å². The lowest BCUT2D eigenvalue weighted by Crippen LogP contribution is -2.30. The third-order valence-corrected chi connectivity index (χ3v) is 2.78. The van der Waals surface area contributed by atoms with E-state index in [4.69, 9.17) is 4.84 Å². The van der Waals surface area contributed by atoms with Gasteiger partial charge in [-0.1, -0.05) is 6.07 Å². The summed E-state index contributed by atoms with van der Waals surface area (Å²) in [6.45, 7) is 1.32. The van der Waals surface area contributed by atoms with Gasteiger partial charge in [0, 0.05) is 11.6 Å². The van der Waals surface area contributed by atoms with Crippen LogP contribution in [0.25, 0.3) is 0 Å². The molecule has 1 aromatic rings. The SMILES string of the molecule is Cc1ccc(NC(=O)CONC(=O)C2CC2)cc1F. The molecule has 0 aromatic heterocycles. The van der Waals surface area contributed by atoms with Gasteiger partial charge in [-0.3, -0.25) is 14.4 Å². The standard InChI is InChI=1S/C13H15FN2O3/c1-8-2-5-10(6-11(8)14)15-12(17)7-19-16-13(18)9-3-4-9/h2,5-6,9H,3-4,7H2,1H3,(H,15,17)(H,16,18). The highest BCUT2D eigenvalue weighted by molar-refractivity contribution is 5.91. The molecule has 1 aromatic carbocycles. The van der Waals surface area contributed by atoms with E-state index in [0.29, 0.717) is 11.3 Å². The number of aryl methyl sites for hydroxylation is 1. The maximum atomic E-state index is 13.2. The molecule has 0 atom stereocenters. The van der Waals surface area contributed by atoms with Gasteiger partial charge >= 0.3 is 0 Å². The van der Waals surface area contributed by atoms with E-state index in [0.717, 1.165) is 12.8 Å². The zero-order valence-electron chi connectivity index (χ0n) is 10.5. The molecule has 19 heavy (non-hydrogen) atoms. The highest BCUT2D eigenvalue weighted by Gasteiger charge is 2.29. The van der Waals surface area contributed by atoms with Crippen LogP contribution >= 0.6 is 0 Å². The molecule has 1 fully saturated rings. The Morgan fingerprint density at radius 2 is 2.16 bits per heavy atom. The first-order chi connectivity index (χ1) is 9.06. The Hall–Kier alpha value is -1.95. The summed E-state index contributed by atoms with van der Waals surface area (Å²) < 4.78 is 13.2. The van der Waals surface area contributed by atoms with E-state index in [-0.39, 0.29) is 24.2 Å². The van der Waals surface area contributed by atoms with E-state index in [2.05, 4.69) is 10.8 Å². The van der Waals surface area contributed by atoms with Gasteiger partial charge in [-0.05, 0) is 37.5 Å². The van der Waals surface area contributed by atoms with Crippen molar-refractivity contribution in [2.45, 2.75) is 19.8 Å². The van der Waals surface area contributed by atoms with Crippen molar-refractivity contribution >= 4 is 17.5 Å². The second-order valence-electron chi connectivity index (χ2n) is 4.54. The van der Waals surface area contributed by atoms with Crippen molar-refractivity contribution in [2.24, 2.45) is 5.92 Å². The Morgan fingerprint density at radius 1 is 1.42 bits per heavy atom. The van der Waals surface area contributed by atoms with Gasteiger partial charge in [-0.15, -0.1) is 0 Å². The molecule has 1 aliphatic rings. The van der Waals surface area contributed by atoms with Gasteiger partial charge in [0.25, 0.3) is 5.91 Å². The molecule has 0 saturated heterocycles. The van der Waals surface area contributed by atoms with Crippen LogP contribution in [-0.2, 0) is 14.4 Å². The van der Waals surface area contributed by atoms with Gasteiger partial charge in [-0.25, -0.2) is 9.87 Å². The highest BCUT2D eigenvalue weighted by Crippen LogP contribution is 2.28. The van der Waals surface area contributed by atoms with Gasteiger partial charge < -0.3 is 5.32 Å². The number of benzene rings is 1. The van der Waals surface area contributed by atoms with Crippen molar-refractivity contribution in [3.05, 3.63) is 29.6 Å². The molecule has 0 unspecified atom stereocenters. The molecule has 2 amide bonds. The predicted molar refractivity (Wildman–Crippen MR) is 66.6 cm³/mol. The topological polar surface area (TPSA) is 67.4 Å². The highest BCUT2D eigenvalue weighted by atomic mass is 19.1. The number of hydroxylamine groups is 1. The van der Waals surface area contributed by atoms with Crippen LogP contribution in [0.4, 0.5) is 10.1 Å². The lowest BCUT2D eigenvalue weighted by Gasteiger charge is -2.07. The average molecular weight is 266 g/mol. The quantitative estimate of drug-likeness (QED) is 0.794. The molecular formula is C13H15FN2O3. The molecule has 2 rings (SSSR count). The van der Waals surface area contributed by atoms with Crippen molar-refractivity contribution in [1.29, 1.82) is 0 Å². The number of amides is 2. The van der Waals surface area contributed by atoms with E-state index in [1.807, 2.05) is 0 Å². The summed E-state index contributed by atoms with van der Waals surface area (Å²) in [5.74, 6) is -1.02. The van der Waals surface area contributed by atoms with E-state index < -0.39 is 5.91 Å². The number of carbonyl (C=O) groups excluding carboxylic acids is 2.